The molecular weight excluding hydrogens is 372 g/mol. The molecule has 1 saturated heterocycles. The highest BCUT2D eigenvalue weighted by Crippen LogP contribution is 2.35. The Morgan fingerprint density at radius 1 is 1.15 bits per heavy atom. The molecule has 2 aromatic rings. The van der Waals surface area contributed by atoms with Crippen molar-refractivity contribution in [3.05, 3.63) is 46.8 Å². The molecule has 2 aliphatic rings. The van der Waals surface area contributed by atoms with E-state index in [9.17, 15) is 13.2 Å². The SMILES string of the molecule is Cc1cccc2c1N(C1CCN(S(=O)(=O)c3cccs3)CC1)C(=O)OC2. The monoisotopic (exact) mass is 392 g/mol. The highest BCUT2D eigenvalue weighted by Gasteiger charge is 2.37. The van der Waals surface area contributed by atoms with Crippen LogP contribution in [0.15, 0.2) is 39.9 Å². The summed E-state index contributed by atoms with van der Waals surface area (Å²) >= 11 is 1.23. The summed E-state index contributed by atoms with van der Waals surface area (Å²) in [4.78, 5) is 14.2. The number of rotatable bonds is 3. The Morgan fingerprint density at radius 3 is 2.62 bits per heavy atom. The van der Waals surface area contributed by atoms with Crippen LogP contribution in [-0.4, -0.2) is 37.9 Å². The van der Waals surface area contributed by atoms with Crippen LogP contribution in [0.3, 0.4) is 0 Å². The van der Waals surface area contributed by atoms with Crippen LogP contribution in [0.25, 0.3) is 0 Å². The Bertz CT molecular complexity index is 917. The molecule has 3 heterocycles. The summed E-state index contributed by atoms with van der Waals surface area (Å²) < 4.78 is 32.6. The van der Waals surface area contributed by atoms with Crippen LogP contribution < -0.4 is 4.90 Å². The Balaban J connectivity index is 1.55. The molecule has 8 heteroatoms. The third kappa shape index (κ3) is 2.91. The van der Waals surface area contributed by atoms with Crippen molar-refractivity contribution in [2.75, 3.05) is 18.0 Å². The molecule has 1 fully saturated rings. The number of amides is 1. The quantitative estimate of drug-likeness (QED) is 0.803. The molecule has 0 bridgehead atoms. The Hall–Kier alpha value is -1.90. The molecule has 0 atom stereocenters. The number of piperidine rings is 1. The molecule has 1 aromatic carbocycles. The van der Waals surface area contributed by atoms with Gasteiger partial charge >= 0.3 is 6.09 Å². The molecule has 0 N–H and O–H groups in total. The van der Waals surface area contributed by atoms with Gasteiger partial charge < -0.3 is 4.74 Å². The van der Waals surface area contributed by atoms with Crippen molar-refractivity contribution in [1.82, 2.24) is 4.31 Å². The van der Waals surface area contributed by atoms with Crippen molar-refractivity contribution in [2.24, 2.45) is 0 Å². The number of thiophene rings is 1. The fourth-order valence-corrected chi connectivity index (χ4v) is 6.31. The maximum atomic E-state index is 12.7. The second-order valence-electron chi connectivity index (χ2n) is 6.57. The fourth-order valence-electron chi connectivity index (χ4n) is 3.69. The van der Waals surface area contributed by atoms with Crippen LogP contribution in [-0.2, 0) is 21.4 Å². The second-order valence-corrected chi connectivity index (χ2v) is 9.69. The number of para-hydroxylation sites is 1. The van der Waals surface area contributed by atoms with Gasteiger partial charge in [-0.3, -0.25) is 4.90 Å². The molecule has 0 saturated carbocycles. The highest BCUT2D eigenvalue weighted by molar-refractivity contribution is 7.91. The van der Waals surface area contributed by atoms with Gasteiger partial charge in [0.1, 0.15) is 10.8 Å². The van der Waals surface area contributed by atoms with E-state index in [4.69, 9.17) is 4.74 Å². The zero-order valence-corrected chi connectivity index (χ0v) is 16.1. The average Bonchev–Trinajstić information content (AvgIpc) is 3.18. The number of benzene rings is 1. The number of carbonyl (C=O) groups is 1. The van der Waals surface area contributed by atoms with Gasteiger partial charge in [-0.15, -0.1) is 11.3 Å². The molecule has 138 valence electrons. The zero-order valence-electron chi connectivity index (χ0n) is 14.4. The average molecular weight is 393 g/mol. The van der Waals surface area contributed by atoms with Crippen LogP contribution in [0.1, 0.15) is 24.0 Å². The van der Waals surface area contributed by atoms with Crippen LogP contribution in [0, 0.1) is 6.92 Å². The number of carbonyl (C=O) groups excluding carboxylic acids is 1. The van der Waals surface area contributed by atoms with E-state index in [2.05, 4.69) is 0 Å². The van der Waals surface area contributed by atoms with E-state index in [0.29, 0.717) is 30.1 Å². The fraction of sp³-hybridized carbons (Fsp3) is 0.389. The zero-order chi connectivity index (χ0) is 18.3. The maximum absolute atomic E-state index is 12.7. The first-order chi connectivity index (χ1) is 12.5. The van der Waals surface area contributed by atoms with Crippen molar-refractivity contribution in [3.63, 3.8) is 0 Å². The standard InChI is InChI=1S/C18H20N2O4S2/c1-13-4-2-5-14-12-24-18(21)20(17(13)14)15-7-9-19(10-8-15)26(22,23)16-6-3-11-25-16/h2-6,11,15H,7-10,12H2,1H3. The molecule has 1 amide bonds. The number of fused-ring (bicyclic) bond motifs is 1. The van der Waals surface area contributed by atoms with Crippen LogP contribution in [0.2, 0.25) is 0 Å². The van der Waals surface area contributed by atoms with E-state index in [-0.39, 0.29) is 18.7 Å². The van der Waals surface area contributed by atoms with E-state index in [1.54, 1.807) is 22.4 Å². The lowest BCUT2D eigenvalue weighted by Crippen LogP contribution is -2.50. The van der Waals surface area contributed by atoms with Crippen LogP contribution in [0.5, 0.6) is 0 Å². The molecule has 0 unspecified atom stereocenters. The smallest absolute Gasteiger partial charge is 0.414 e. The summed E-state index contributed by atoms with van der Waals surface area (Å²) in [6, 6.07) is 9.24. The van der Waals surface area contributed by atoms with E-state index < -0.39 is 10.0 Å². The number of hydrogen-bond acceptors (Lipinski definition) is 5. The normalized spacial score (nSPS) is 19.3. The molecule has 2 aliphatic heterocycles. The predicted octanol–water partition coefficient (Wildman–Crippen LogP) is 3.37. The Labute approximate surface area is 157 Å². The van der Waals surface area contributed by atoms with Crippen molar-refractivity contribution < 1.29 is 17.9 Å². The topological polar surface area (TPSA) is 66.9 Å². The number of hydrogen-bond donors (Lipinski definition) is 0. The van der Waals surface area contributed by atoms with E-state index >= 15 is 0 Å². The minimum atomic E-state index is -3.44. The van der Waals surface area contributed by atoms with Gasteiger partial charge in [-0.2, -0.15) is 4.31 Å². The minimum Gasteiger partial charge on any atom is -0.444 e. The molecule has 26 heavy (non-hydrogen) atoms. The van der Waals surface area contributed by atoms with Crippen LogP contribution >= 0.6 is 11.3 Å². The van der Waals surface area contributed by atoms with Gasteiger partial charge in [-0.25, -0.2) is 13.2 Å². The molecule has 0 spiro atoms. The number of anilines is 1. The first-order valence-corrected chi connectivity index (χ1v) is 10.9. The van der Waals surface area contributed by atoms with Gasteiger partial charge in [0.05, 0.1) is 5.69 Å². The van der Waals surface area contributed by atoms with E-state index in [1.807, 2.05) is 25.1 Å². The molecular formula is C18H20N2O4S2. The first-order valence-electron chi connectivity index (χ1n) is 8.56. The summed E-state index contributed by atoms with van der Waals surface area (Å²) in [5.74, 6) is 0. The molecule has 4 rings (SSSR count). The van der Waals surface area contributed by atoms with E-state index in [1.165, 1.54) is 15.6 Å². The number of sulfonamides is 1. The molecule has 6 nitrogen and oxygen atoms in total. The molecule has 1 aromatic heterocycles. The van der Waals surface area contributed by atoms with Crippen molar-refractivity contribution in [2.45, 2.75) is 36.6 Å². The van der Waals surface area contributed by atoms with Crippen molar-refractivity contribution in [3.8, 4) is 0 Å². The summed E-state index contributed by atoms with van der Waals surface area (Å²) in [5, 5.41) is 1.77. The Kier molecular flexibility index (Phi) is 4.50. The summed E-state index contributed by atoms with van der Waals surface area (Å²) in [6.07, 6.45) is 0.840. The number of nitrogens with zero attached hydrogens (tertiary/aromatic N) is 2. The van der Waals surface area contributed by atoms with Gasteiger partial charge in [0.15, 0.2) is 0 Å². The predicted molar refractivity (Wildman–Crippen MR) is 99.9 cm³/mol. The van der Waals surface area contributed by atoms with Crippen molar-refractivity contribution >= 4 is 33.1 Å². The minimum absolute atomic E-state index is 0.0579. The lowest BCUT2D eigenvalue weighted by molar-refractivity contribution is 0.135. The largest absolute Gasteiger partial charge is 0.444 e. The second kappa shape index (κ2) is 6.68. The molecule has 0 aliphatic carbocycles. The van der Waals surface area contributed by atoms with Gasteiger partial charge in [0, 0.05) is 24.7 Å². The van der Waals surface area contributed by atoms with Crippen molar-refractivity contribution in [1.29, 1.82) is 0 Å². The number of ether oxygens (including phenoxy) is 1. The summed E-state index contributed by atoms with van der Waals surface area (Å²) in [6.45, 7) is 3.07. The van der Waals surface area contributed by atoms with E-state index in [0.717, 1.165) is 16.8 Å². The first kappa shape index (κ1) is 17.5. The van der Waals surface area contributed by atoms with Gasteiger partial charge in [-0.1, -0.05) is 24.3 Å². The molecule has 0 radical (unpaired) electrons. The lowest BCUT2D eigenvalue weighted by atomic mass is 10.00. The maximum Gasteiger partial charge on any atom is 0.414 e. The third-order valence-electron chi connectivity index (χ3n) is 4.99. The van der Waals surface area contributed by atoms with Gasteiger partial charge in [0.2, 0.25) is 0 Å². The van der Waals surface area contributed by atoms with Gasteiger partial charge in [-0.05, 0) is 36.8 Å². The number of aryl methyl sites for hydroxylation is 1. The number of cyclic esters (lactones) is 1. The van der Waals surface area contributed by atoms with Gasteiger partial charge in [0.25, 0.3) is 10.0 Å². The van der Waals surface area contributed by atoms with Crippen LogP contribution in [0.4, 0.5) is 10.5 Å². The summed E-state index contributed by atoms with van der Waals surface area (Å²) in [7, 11) is -3.44. The lowest BCUT2D eigenvalue weighted by Gasteiger charge is -2.40. The Morgan fingerprint density at radius 2 is 1.92 bits per heavy atom. The highest BCUT2D eigenvalue weighted by atomic mass is 32.2. The summed E-state index contributed by atoms with van der Waals surface area (Å²) in [5.41, 5.74) is 2.95. The third-order valence-corrected chi connectivity index (χ3v) is 8.26.